The standard InChI is InChI=1S/C18H25N3O6S/c1-13(22)20-15-4-6-16(7-5-15)28(26,27)21-11-8-14(9-12-21)18(25)19-10-2-3-17(23)24/h4-7,14H,2-3,8-12H2,1H3,(H,19,25)(H,20,22)(H,23,24). The summed E-state index contributed by atoms with van der Waals surface area (Å²) in [5, 5.41) is 13.9. The van der Waals surface area contributed by atoms with Crippen LogP contribution in [0.5, 0.6) is 0 Å². The Labute approximate surface area is 164 Å². The number of rotatable bonds is 8. The van der Waals surface area contributed by atoms with Crippen molar-refractivity contribution in [3.8, 4) is 0 Å². The number of anilines is 1. The molecule has 10 heteroatoms. The number of amides is 2. The molecule has 0 atom stereocenters. The van der Waals surface area contributed by atoms with Gasteiger partial charge in [0.25, 0.3) is 0 Å². The molecule has 1 heterocycles. The molecule has 0 radical (unpaired) electrons. The number of hydrogen-bond donors (Lipinski definition) is 3. The number of nitrogens with one attached hydrogen (secondary N) is 2. The highest BCUT2D eigenvalue weighted by Crippen LogP contribution is 2.25. The summed E-state index contributed by atoms with van der Waals surface area (Å²) in [5.41, 5.74) is 0.518. The first kappa shape index (κ1) is 21.8. The third kappa shape index (κ3) is 6.03. The highest BCUT2D eigenvalue weighted by Gasteiger charge is 2.31. The number of carbonyl (C=O) groups excluding carboxylic acids is 2. The Morgan fingerprint density at radius 2 is 1.75 bits per heavy atom. The van der Waals surface area contributed by atoms with Gasteiger partial charge in [0.05, 0.1) is 4.90 Å². The van der Waals surface area contributed by atoms with E-state index in [4.69, 9.17) is 5.11 Å². The SMILES string of the molecule is CC(=O)Nc1ccc(S(=O)(=O)N2CCC(C(=O)NCCCC(=O)O)CC2)cc1. The van der Waals surface area contributed by atoms with Crippen LogP contribution >= 0.6 is 0 Å². The maximum Gasteiger partial charge on any atom is 0.303 e. The minimum absolute atomic E-state index is 0.00229. The largest absolute Gasteiger partial charge is 0.481 e. The summed E-state index contributed by atoms with van der Waals surface area (Å²) in [6, 6.07) is 5.96. The molecule has 0 spiro atoms. The number of aliphatic carboxylic acids is 1. The van der Waals surface area contributed by atoms with E-state index in [2.05, 4.69) is 10.6 Å². The van der Waals surface area contributed by atoms with Crippen molar-refractivity contribution in [2.75, 3.05) is 25.0 Å². The Morgan fingerprint density at radius 1 is 1.14 bits per heavy atom. The molecule has 28 heavy (non-hydrogen) atoms. The zero-order valence-corrected chi connectivity index (χ0v) is 16.5. The lowest BCUT2D eigenvalue weighted by atomic mass is 9.97. The number of carbonyl (C=O) groups is 3. The van der Waals surface area contributed by atoms with Crippen molar-refractivity contribution in [1.82, 2.24) is 9.62 Å². The van der Waals surface area contributed by atoms with Crippen molar-refractivity contribution < 1.29 is 27.9 Å². The van der Waals surface area contributed by atoms with Crippen LogP contribution in [0.1, 0.15) is 32.6 Å². The molecule has 1 aromatic carbocycles. The van der Waals surface area contributed by atoms with E-state index in [0.717, 1.165) is 0 Å². The second-order valence-electron chi connectivity index (χ2n) is 6.67. The molecule has 9 nitrogen and oxygen atoms in total. The van der Waals surface area contributed by atoms with Gasteiger partial charge < -0.3 is 15.7 Å². The van der Waals surface area contributed by atoms with Gasteiger partial charge in [-0.15, -0.1) is 0 Å². The monoisotopic (exact) mass is 411 g/mol. The minimum atomic E-state index is -3.66. The number of benzene rings is 1. The maximum absolute atomic E-state index is 12.8. The average molecular weight is 411 g/mol. The number of piperidine rings is 1. The van der Waals surface area contributed by atoms with E-state index in [9.17, 15) is 22.8 Å². The fourth-order valence-corrected chi connectivity index (χ4v) is 4.49. The van der Waals surface area contributed by atoms with Crippen LogP contribution in [0.25, 0.3) is 0 Å². The zero-order valence-electron chi connectivity index (χ0n) is 15.7. The van der Waals surface area contributed by atoms with Gasteiger partial charge in [-0.25, -0.2) is 8.42 Å². The van der Waals surface area contributed by atoms with Crippen LogP contribution in [0.15, 0.2) is 29.2 Å². The molecule has 2 amide bonds. The highest BCUT2D eigenvalue weighted by atomic mass is 32.2. The summed E-state index contributed by atoms with van der Waals surface area (Å²) in [4.78, 5) is 33.8. The van der Waals surface area contributed by atoms with E-state index in [0.29, 0.717) is 31.5 Å². The lowest BCUT2D eigenvalue weighted by Gasteiger charge is -2.30. The molecule has 1 saturated heterocycles. The third-order valence-electron chi connectivity index (χ3n) is 4.50. The van der Waals surface area contributed by atoms with Gasteiger partial charge in [-0.3, -0.25) is 14.4 Å². The van der Waals surface area contributed by atoms with Crippen LogP contribution in [0.3, 0.4) is 0 Å². The summed E-state index contributed by atoms with van der Waals surface area (Å²) in [6.45, 7) is 2.15. The molecule has 0 aromatic heterocycles. The van der Waals surface area contributed by atoms with E-state index in [-0.39, 0.29) is 42.1 Å². The molecule has 0 aliphatic carbocycles. The number of carboxylic acids is 1. The zero-order chi connectivity index (χ0) is 20.7. The van der Waals surface area contributed by atoms with Crippen LogP contribution in [0, 0.1) is 5.92 Å². The van der Waals surface area contributed by atoms with E-state index >= 15 is 0 Å². The van der Waals surface area contributed by atoms with Gasteiger partial charge in [-0.1, -0.05) is 0 Å². The van der Waals surface area contributed by atoms with Crippen LogP contribution in [0.2, 0.25) is 0 Å². The Bertz CT molecular complexity index is 814. The Hall–Kier alpha value is -2.46. The summed E-state index contributed by atoms with van der Waals surface area (Å²) in [7, 11) is -3.66. The van der Waals surface area contributed by atoms with Crippen molar-refractivity contribution in [2.45, 2.75) is 37.5 Å². The van der Waals surface area contributed by atoms with Crippen molar-refractivity contribution >= 4 is 33.5 Å². The first-order valence-electron chi connectivity index (χ1n) is 9.07. The van der Waals surface area contributed by atoms with Crippen molar-refractivity contribution in [3.63, 3.8) is 0 Å². The summed E-state index contributed by atoms with van der Waals surface area (Å²) >= 11 is 0. The highest BCUT2D eigenvalue weighted by molar-refractivity contribution is 7.89. The molecular weight excluding hydrogens is 386 g/mol. The van der Waals surface area contributed by atoms with Crippen molar-refractivity contribution in [1.29, 1.82) is 0 Å². The molecule has 1 aliphatic rings. The van der Waals surface area contributed by atoms with Gasteiger partial charge >= 0.3 is 5.97 Å². The van der Waals surface area contributed by atoms with Crippen molar-refractivity contribution in [3.05, 3.63) is 24.3 Å². The first-order chi connectivity index (χ1) is 13.2. The van der Waals surface area contributed by atoms with Gasteiger partial charge in [0.1, 0.15) is 0 Å². The molecule has 154 valence electrons. The molecular formula is C18H25N3O6S. The molecule has 0 saturated carbocycles. The molecule has 0 unspecified atom stereocenters. The van der Waals surface area contributed by atoms with Gasteiger partial charge in [0.15, 0.2) is 0 Å². The average Bonchev–Trinajstić information content (AvgIpc) is 2.65. The van der Waals surface area contributed by atoms with E-state index < -0.39 is 16.0 Å². The fraction of sp³-hybridized carbons (Fsp3) is 0.500. The molecule has 1 aliphatic heterocycles. The quantitative estimate of drug-likeness (QED) is 0.547. The number of carboxylic acid groups (broad SMARTS) is 1. The topological polar surface area (TPSA) is 133 Å². The lowest BCUT2D eigenvalue weighted by molar-refractivity contribution is -0.137. The molecule has 2 rings (SSSR count). The predicted molar refractivity (Wildman–Crippen MR) is 102 cm³/mol. The predicted octanol–water partition coefficient (Wildman–Crippen LogP) is 1.03. The van der Waals surface area contributed by atoms with Gasteiger partial charge in [0.2, 0.25) is 21.8 Å². The van der Waals surface area contributed by atoms with E-state index in [1.807, 2.05) is 0 Å². The van der Waals surface area contributed by atoms with E-state index in [1.165, 1.54) is 35.5 Å². The van der Waals surface area contributed by atoms with Crippen LogP contribution in [0.4, 0.5) is 5.69 Å². The minimum Gasteiger partial charge on any atom is -0.481 e. The van der Waals surface area contributed by atoms with Crippen LogP contribution in [-0.4, -0.2) is 55.2 Å². The Morgan fingerprint density at radius 3 is 2.29 bits per heavy atom. The second-order valence-corrected chi connectivity index (χ2v) is 8.61. The normalized spacial score (nSPS) is 15.8. The molecule has 0 bridgehead atoms. The van der Waals surface area contributed by atoms with Crippen molar-refractivity contribution in [2.24, 2.45) is 5.92 Å². The number of nitrogens with zero attached hydrogens (tertiary/aromatic N) is 1. The van der Waals surface area contributed by atoms with E-state index in [1.54, 1.807) is 0 Å². The molecule has 1 aromatic rings. The van der Waals surface area contributed by atoms with Gasteiger partial charge in [0, 0.05) is 44.6 Å². The number of sulfonamides is 1. The van der Waals surface area contributed by atoms with Crippen LogP contribution < -0.4 is 10.6 Å². The Balaban J connectivity index is 1.88. The first-order valence-corrected chi connectivity index (χ1v) is 10.5. The third-order valence-corrected chi connectivity index (χ3v) is 6.42. The second kappa shape index (κ2) is 9.65. The summed E-state index contributed by atoms with van der Waals surface area (Å²) < 4.78 is 26.9. The fourth-order valence-electron chi connectivity index (χ4n) is 3.02. The number of hydrogen-bond acceptors (Lipinski definition) is 5. The summed E-state index contributed by atoms with van der Waals surface area (Å²) in [5.74, 6) is -1.59. The lowest BCUT2D eigenvalue weighted by Crippen LogP contribution is -2.43. The molecule has 3 N–H and O–H groups in total. The maximum atomic E-state index is 12.8. The van der Waals surface area contributed by atoms with Gasteiger partial charge in [-0.05, 0) is 43.5 Å². The summed E-state index contributed by atoms with van der Waals surface area (Å²) in [6.07, 6.45) is 1.18. The van der Waals surface area contributed by atoms with Gasteiger partial charge in [-0.2, -0.15) is 4.31 Å². The smallest absolute Gasteiger partial charge is 0.303 e. The van der Waals surface area contributed by atoms with Crippen LogP contribution in [-0.2, 0) is 24.4 Å². The Kier molecular flexibility index (Phi) is 7.53. The molecule has 1 fully saturated rings.